The minimum absolute atomic E-state index is 0.178. The largest absolute Gasteiger partial charge is 0.480 e. The molecule has 0 aromatic heterocycles. The van der Waals surface area contributed by atoms with Gasteiger partial charge >= 0.3 is 48.0 Å². The van der Waals surface area contributed by atoms with Crippen LogP contribution in [0.1, 0.15) is 233 Å². The van der Waals surface area contributed by atoms with E-state index >= 15 is 0 Å². The highest BCUT2D eigenvalue weighted by Crippen LogP contribution is 2.22. The van der Waals surface area contributed by atoms with E-state index < -0.39 is 95.8 Å². The van der Waals surface area contributed by atoms with Crippen LogP contribution in [0.3, 0.4) is 0 Å². The molecule has 8 aromatic rings. The van der Waals surface area contributed by atoms with Crippen molar-refractivity contribution in [3.63, 3.8) is 0 Å². The Morgan fingerprint density at radius 3 is 0.774 bits per heavy atom. The van der Waals surface area contributed by atoms with Gasteiger partial charge in [0.05, 0.1) is 0 Å². The minimum Gasteiger partial charge on any atom is -0.480 e. The Morgan fingerprint density at radius 2 is 0.533 bits per heavy atom. The van der Waals surface area contributed by atoms with Gasteiger partial charge in [0.1, 0.15) is 24.2 Å². The lowest BCUT2D eigenvalue weighted by atomic mass is 10.1. The average Bonchev–Trinajstić information content (AvgIpc) is 0.848. The number of benzene rings is 8. The smallest absolute Gasteiger partial charge is 0.327 e. The molecule has 28 heteroatoms. The second kappa shape index (κ2) is 65.7. The van der Waals surface area contributed by atoms with Gasteiger partial charge in [0, 0.05) is 116 Å². The summed E-state index contributed by atoms with van der Waals surface area (Å²) in [5.74, 6) is 23.7. The summed E-state index contributed by atoms with van der Waals surface area (Å²) in [6.07, 6.45) is 9.41. The van der Waals surface area contributed by atoms with E-state index in [2.05, 4.69) is 117 Å². The van der Waals surface area contributed by atoms with Crippen LogP contribution in [0, 0.1) is 65.1 Å². The molecule has 0 bridgehead atoms. The lowest BCUT2D eigenvalue weighted by Gasteiger charge is -2.24. The van der Waals surface area contributed by atoms with Crippen molar-refractivity contribution < 1.29 is 78.0 Å². The van der Waals surface area contributed by atoms with Gasteiger partial charge in [-0.25, -0.2) is 38.4 Å². The van der Waals surface area contributed by atoms with Crippen LogP contribution in [0.2, 0.25) is 0 Å². The van der Waals surface area contributed by atoms with Crippen LogP contribution in [0.25, 0.3) is 0 Å². The van der Waals surface area contributed by atoms with Gasteiger partial charge < -0.3 is 41.7 Å². The zero-order chi connectivity index (χ0) is 100. The van der Waals surface area contributed by atoms with Crippen LogP contribution in [-0.4, -0.2) is 208 Å². The first kappa shape index (κ1) is 115. The average molecular weight is 1940 g/mol. The van der Waals surface area contributed by atoms with Crippen molar-refractivity contribution in [2.45, 2.75) is 171 Å². The summed E-state index contributed by atoms with van der Waals surface area (Å²) in [5.41, 5.74) is 7.32. The van der Waals surface area contributed by atoms with Gasteiger partial charge in [-0.1, -0.05) is 253 Å². The van der Waals surface area contributed by atoms with Gasteiger partial charge in [-0.3, -0.25) is 38.8 Å². The number of nitrogens with one attached hydrogen (secondary N) is 4. The number of aliphatic carboxylic acids is 4. The third-order valence-corrected chi connectivity index (χ3v) is 25.4. The minimum atomic E-state index is -1.12. The lowest BCUT2D eigenvalue weighted by Crippen LogP contribution is -2.51. The molecule has 0 saturated carbocycles. The highest BCUT2D eigenvalue weighted by molar-refractivity contribution is 8.00. The van der Waals surface area contributed by atoms with E-state index in [1.54, 1.807) is 97.1 Å². The number of nitrogens with zero attached hydrogens (tertiary/aromatic N) is 4. The highest BCUT2D eigenvalue weighted by atomic mass is 32.2. The predicted molar refractivity (Wildman–Crippen MR) is 552 cm³/mol. The standard InChI is InChI=1S/C28H34N2O4S.3C27H32N2O4S/c1-4-17-30(28(34)29-25(27(32)33)20-35-19-21(5-2)6-3)26(31)24-14-10-13-23(18-24)16-15-22-11-8-7-9-12-22;1-4-16-29(27(33)28-24(26(31)32)19-34-17-15-20(2)3)25(30)23-12-8-11-22(18-23)14-13-21-9-6-5-7-10-21;1-4-16-29(27(33)28-24(26(31)32)19-34-18-20(3)5-2)25(30)23-13-9-12-22(17-23)15-14-21-10-7-6-8-11-21;1-3-5-9-18-34-20-24(26(31)32)28-27(33)29(17-4-2)25(30)23-14-10-13-22(19-23)16-15-21-11-7-6-8-12-21/h7-14,18,21,25H,4-6,17,19-20H2,1-3H3,(H,29,34)(H,32,33);5-12,18,20,24H,4,15-17,19H2,1-3H3,(H,28,33)(H,31,32);6-13,17,20,24H,4-5,16,18-19H2,1-3H3,(H,28,33)(H,31,32);6-8,10-14,19,24H,3-5,9,17-18,20H2,1-2H3,(H,28,33)(H,31,32)/t25-;24-;20?,24-;24-/m0000/s1. The molecule has 5 atom stereocenters. The summed E-state index contributed by atoms with van der Waals surface area (Å²) < 4.78 is 0. The maximum absolute atomic E-state index is 13.2. The van der Waals surface area contributed by atoms with E-state index in [0.717, 1.165) is 110 Å². The molecule has 24 nitrogen and oxygen atoms in total. The van der Waals surface area contributed by atoms with Gasteiger partial charge in [0.25, 0.3) is 23.6 Å². The summed E-state index contributed by atoms with van der Waals surface area (Å²) in [6.45, 7) is 22.9. The molecule has 137 heavy (non-hydrogen) atoms. The molecule has 0 heterocycles. The quantitative estimate of drug-likeness (QED) is 0.0130. The van der Waals surface area contributed by atoms with Crippen LogP contribution in [0.15, 0.2) is 218 Å². The molecule has 8 rings (SSSR count). The number of carbonyl (C=O) groups is 12. The van der Waals surface area contributed by atoms with Crippen molar-refractivity contribution in [2.75, 3.05) is 72.2 Å². The summed E-state index contributed by atoms with van der Waals surface area (Å²) in [7, 11) is 0. The molecular weight excluding hydrogens is 1810 g/mol. The first-order chi connectivity index (χ1) is 66.0. The predicted octanol–water partition coefficient (Wildman–Crippen LogP) is 20.1. The molecule has 0 aliphatic rings. The second-order valence-electron chi connectivity index (χ2n) is 32.3. The number of unbranched alkanes of at least 4 members (excludes halogenated alkanes) is 2. The zero-order valence-electron chi connectivity index (χ0n) is 80.2. The van der Waals surface area contributed by atoms with Gasteiger partial charge in [0.15, 0.2) is 0 Å². The van der Waals surface area contributed by atoms with Crippen molar-refractivity contribution in [3.05, 3.63) is 285 Å². The van der Waals surface area contributed by atoms with Crippen molar-refractivity contribution in [1.29, 1.82) is 0 Å². The molecule has 12 amide bonds. The molecular formula is C109H130N8O16S4. The highest BCUT2D eigenvalue weighted by Gasteiger charge is 2.33. The fourth-order valence-corrected chi connectivity index (χ4v) is 17.4. The first-order valence-corrected chi connectivity index (χ1v) is 51.0. The zero-order valence-corrected chi connectivity index (χ0v) is 83.5. The Balaban J connectivity index is 0.000000323. The molecule has 0 saturated heterocycles. The van der Waals surface area contributed by atoms with E-state index in [-0.39, 0.29) is 49.2 Å². The van der Waals surface area contributed by atoms with E-state index in [0.29, 0.717) is 87.9 Å². The fourth-order valence-electron chi connectivity index (χ4n) is 12.4. The molecule has 0 radical (unpaired) electrons. The Morgan fingerprint density at radius 1 is 0.285 bits per heavy atom. The number of carboxylic acids is 4. The number of rotatable bonds is 42. The summed E-state index contributed by atoms with van der Waals surface area (Å²) in [6, 6.07) is 58.1. The van der Waals surface area contributed by atoms with E-state index in [1.165, 1.54) is 47.0 Å². The number of imide groups is 4. The van der Waals surface area contributed by atoms with Gasteiger partial charge in [0.2, 0.25) is 0 Å². The first-order valence-electron chi connectivity index (χ1n) is 46.4. The third-order valence-electron chi connectivity index (χ3n) is 20.5. The number of urea groups is 4. The third kappa shape index (κ3) is 43.7. The van der Waals surface area contributed by atoms with Crippen LogP contribution < -0.4 is 21.3 Å². The van der Waals surface area contributed by atoms with Crippen LogP contribution >= 0.6 is 47.0 Å². The number of thioether (sulfide) groups is 4. The Kier molecular flexibility index (Phi) is 54.9. The van der Waals surface area contributed by atoms with E-state index in [4.69, 9.17) is 0 Å². The number of carbonyl (C=O) groups excluding carboxylic acids is 8. The van der Waals surface area contributed by atoms with Crippen molar-refractivity contribution in [1.82, 2.24) is 40.9 Å². The summed E-state index contributed by atoms with van der Waals surface area (Å²) >= 11 is 5.97. The normalized spacial score (nSPS) is 11.5. The van der Waals surface area contributed by atoms with Crippen LogP contribution in [-0.2, 0) is 19.2 Å². The molecule has 8 N–H and O–H groups in total. The van der Waals surface area contributed by atoms with Crippen LogP contribution in [0.5, 0.6) is 0 Å². The number of carboxylic acid groups (broad SMARTS) is 4. The van der Waals surface area contributed by atoms with Gasteiger partial charge in [-0.15, -0.1) is 0 Å². The Hall–Kier alpha value is -13.0. The monoisotopic (exact) mass is 1930 g/mol. The molecule has 726 valence electrons. The van der Waals surface area contributed by atoms with Crippen LogP contribution in [0.4, 0.5) is 19.2 Å². The molecule has 0 aliphatic carbocycles. The fraction of sp³-hybridized carbons (Fsp3) is 0.376. The number of amides is 12. The topological polar surface area (TPSA) is 347 Å². The molecule has 0 aliphatic heterocycles. The SMILES string of the molecule is CCCCCSC[C@H](NC(=O)N(CCC)C(=O)c1cccc(C#Cc2ccccc2)c1)C(=O)O.CCCN(C(=O)N[C@@H](CSCC(C)CC)C(=O)O)C(=O)c1cccc(C#Cc2ccccc2)c1.CCCN(C(=O)N[C@@H](CSCC(CC)CC)C(=O)O)C(=O)c1cccc(C#Cc2ccccc2)c1.CCCN(C(=O)N[C@@H](CSCCC(C)C)C(=O)O)C(=O)c1cccc(C#Cc2ccccc2)c1. The van der Waals surface area contributed by atoms with E-state index in [1.807, 2.05) is 149 Å². The lowest BCUT2D eigenvalue weighted by molar-refractivity contribution is -0.139. The van der Waals surface area contributed by atoms with Crippen molar-refractivity contribution in [3.8, 4) is 47.4 Å². The summed E-state index contributed by atoms with van der Waals surface area (Å²) in [4.78, 5) is 155. The summed E-state index contributed by atoms with van der Waals surface area (Å²) in [5, 5.41) is 48.3. The maximum atomic E-state index is 13.2. The number of hydrogen-bond donors (Lipinski definition) is 8. The van der Waals surface area contributed by atoms with Gasteiger partial charge in [-0.05, 0) is 201 Å². The van der Waals surface area contributed by atoms with Crippen molar-refractivity contribution >= 4 is 119 Å². The number of hydrogen-bond acceptors (Lipinski definition) is 16. The molecule has 0 spiro atoms. The molecule has 0 fully saturated rings. The van der Waals surface area contributed by atoms with Gasteiger partial charge in [-0.2, -0.15) is 47.0 Å². The molecule has 8 aromatic carbocycles. The van der Waals surface area contributed by atoms with Crippen molar-refractivity contribution in [2.24, 2.45) is 17.8 Å². The van der Waals surface area contributed by atoms with E-state index in [9.17, 15) is 78.0 Å². The molecule has 1 unspecified atom stereocenters. The Bertz CT molecular complexity index is 5450. The maximum Gasteiger partial charge on any atom is 0.327 e. The Labute approximate surface area is 825 Å². The second-order valence-corrected chi connectivity index (χ2v) is 36.7.